The standard InChI is InChI=1S/C18H21N3O4S2/c1-25-13-8-10(2-3-12(13)22)16-15-17(19-14(23)9-27-16)21(20-18(15)24)11-4-6-26-7-5-11/h2-3,8,11,16,22H,4-7,9H2,1H3,(H,19,23)(H,20,24)/t16-/m0/s1. The van der Waals surface area contributed by atoms with Crippen LogP contribution in [-0.4, -0.2) is 45.2 Å². The fourth-order valence-corrected chi connectivity index (χ4v) is 5.78. The molecule has 3 N–H and O–H groups in total. The van der Waals surface area contributed by atoms with E-state index >= 15 is 0 Å². The van der Waals surface area contributed by atoms with Crippen LogP contribution in [0.3, 0.4) is 0 Å². The summed E-state index contributed by atoms with van der Waals surface area (Å²) in [5.41, 5.74) is 1.18. The van der Waals surface area contributed by atoms with Gasteiger partial charge in [-0.3, -0.25) is 19.4 Å². The number of nitrogens with zero attached hydrogens (tertiary/aromatic N) is 1. The van der Waals surface area contributed by atoms with Crippen molar-refractivity contribution < 1.29 is 14.6 Å². The second kappa shape index (κ2) is 7.55. The number of anilines is 1. The highest BCUT2D eigenvalue weighted by atomic mass is 32.2. The summed E-state index contributed by atoms with van der Waals surface area (Å²) in [6.45, 7) is 0. The van der Waals surface area contributed by atoms with Gasteiger partial charge in [0.15, 0.2) is 11.5 Å². The van der Waals surface area contributed by atoms with Gasteiger partial charge in [0, 0.05) is 0 Å². The van der Waals surface area contributed by atoms with E-state index in [4.69, 9.17) is 4.74 Å². The van der Waals surface area contributed by atoms with Crippen LogP contribution in [-0.2, 0) is 4.79 Å². The highest BCUT2D eigenvalue weighted by Gasteiger charge is 2.32. The van der Waals surface area contributed by atoms with Crippen molar-refractivity contribution in [1.82, 2.24) is 9.78 Å². The molecule has 9 heteroatoms. The molecule has 1 atom stereocenters. The number of thioether (sulfide) groups is 2. The first kappa shape index (κ1) is 18.4. The molecule has 27 heavy (non-hydrogen) atoms. The van der Waals surface area contributed by atoms with Crippen LogP contribution in [0.2, 0.25) is 0 Å². The number of rotatable bonds is 3. The molecule has 0 radical (unpaired) electrons. The molecule has 0 aliphatic carbocycles. The van der Waals surface area contributed by atoms with Gasteiger partial charge < -0.3 is 15.2 Å². The maximum absolute atomic E-state index is 12.9. The Bertz CT molecular complexity index is 918. The van der Waals surface area contributed by atoms with Gasteiger partial charge >= 0.3 is 0 Å². The van der Waals surface area contributed by atoms with Crippen LogP contribution in [0.5, 0.6) is 11.5 Å². The van der Waals surface area contributed by atoms with Gasteiger partial charge in [0.25, 0.3) is 5.56 Å². The number of aromatic nitrogens is 2. The number of phenols is 1. The van der Waals surface area contributed by atoms with Crippen LogP contribution >= 0.6 is 23.5 Å². The highest BCUT2D eigenvalue weighted by Crippen LogP contribution is 2.43. The van der Waals surface area contributed by atoms with Gasteiger partial charge in [-0.2, -0.15) is 11.8 Å². The average molecular weight is 408 g/mol. The predicted molar refractivity (Wildman–Crippen MR) is 108 cm³/mol. The Morgan fingerprint density at radius 2 is 2.04 bits per heavy atom. The van der Waals surface area contributed by atoms with E-state index in [2.05, 4.69) is 10.4 Å². The summed E-state index contributed by atoms with van der Waals surface area (Å²) < 4.78 is 7.07. The molecule has 144 valence electrons. The number of carbonyl (C=O) groups is 1. The van der Waals surface area contributed by atoms with Gasteiger partial charge in [0.2, 0.25) is 5.91 Å². The average Bonchev–Trinajstić information content (AvgIpc) is 2.89. The third-order valence-corrected chi connectivity index (χ3v) is 7.25. The van der Waals surface area contributed by atoms with Crippen LogP contribution in [0.15, 0.2) is 23.0 Å². The second-order valence-corrected chi connectivity index (χ2v) is 8.91. The Labute approximate surface area is 164 Å². The summed E-state index contributed by atoms with van der Waals surface area (Å²) in [5, 5.41) is 15.4. The molecule has 1 aromatic heterocycles. The summed E-state index contributed by atoms with van der Waals surface area (Å²) in [7, 11) is 1.49. The molecule has 1 fully saturated rings. The lowest BCUT2D eigenvalue weighted by Gasteiger charge is -2.24. The molecule has 1 aromatic carbocycles. The molecule has 3 heterocycles. The quantitative estimate of drug-likeness (QED) is 0.724. The minimum absolute atomic E-state index is 0.0421. The smallest absolute Gasteiger partial charge is 0.270 e. The lowest BCUT2D eigenvalue weighted by molar-refractivity contribution is -0.113. The van der Waals surface area contributed by atoms with E-state index in [1.807, 2.05) is 16.4 Å². The van der Waals surface area contributed by atoms with Crippen LogP contribution < -0.4 is 15.6 Å². The van der Waals surface area contributed by atoms with Gasteiger partial charge in [-0.1, -0.05) is 6.07 Å². The lowest BCUT2D eigenvalue weighted by Crippen LogP contribution is -2.22. The van der Waals surface area contributed by atoms with Crippen LogP contribution in [0, 0.1) is 0 Å². The molecule has 0 bridgehead atoms. The lowest BCUT2D eigenvalue weighted by atomic mass is 10.1. The number of hydrogen-bond acceptors (Lipinski definition) is 6. The Morgan fingerprint density at radius 1 is 1.26 bits per heavy atom. The summed E-state index contributed by atoms with van der Waals surface area (Å²) in [6, 6.07) is 5.23. The van der Waals surface area contributed by atoms with Gasteiger partial charge in [-0.05, 0) is 42.0 Å². The summed E-state index contributed by atoms with van der Waals surface area (Å²) in [6.07, 6.45) is 1.92. The molecule has 4 rings (SSSR count). The molecule has 0 spiro atoms. The number of H-pyrrole nitrogens is 1. The zero-order valence-corrected chi connectivity index (χ0v) is 16.5. The maximum Gasteiger partial charge on any atom is 0.270 e. The number of aromatic amines is 1. The Hall–Kier alpha value is -2.00. The first-order valence-corrected chi connectivity index (χ1v) is 11.0. The van der Waals surface area contributed by atoms with E-state index in [9.17, 15) is 14.7 Å². The van der Waals surface area contributed by atoms with Crippen molar-refractivity contribution >= 4 is 35.2 Å². The zero-order chi connectivity index (χ0) is 19.0. The Kier molecular flexibility index (Phi) is 5.14. The second-order valence-electron chi connectivity index (χ2n) is 6.59. The number of carbonyl (C=O) groups excluding carboxylic acids is 1. The first-order valence-electron chi connectivity index (χ1n) is 8.79. The number of hydrogen-bond donors (Lipinski definition) is 3. The fraction of sp³-hybridized carbons (Fsp3) is 0.444. The minimum atomic E-state index is -0.323. The monoisotopic (exact) mass is 407 g/mol. The van der Waals surface area contributed by atoms with E-state index in [0.29, 0.717) is 17.1 Å². The van der Waals surface area contributed by atoms with Crippen molar-refractivity contribution in [1.29, 1.82) is 0 Å². The molecule has 1 saturated heterocycles. The maximum atomic E-state index is 12.9. The van der Waals surface area contributed by atoms with E-state index in [1.165, 1.54) is 18.9 Å². The normalized spacial score (nSPS) is 20.6. The molecule has 2 aliphatic heterocycles. The van der Waals surface area contributed by atoms with E-state index in [-0.39, 0.29) is 34.3 Å². The van der Waals surface area contributed by atoms with Crippen LogP contribution in [0.1, 0.15) is 35.3 Å². The van der Waals surface area contributed by atoms with Crippen LogP contribution in [0.4, 0.5) is 5.82 Å². The van der Waals surface area contributed by atoms with E-state index < -0.39 is 0 Å². The van der Waals surface area contributed by atoms with Gasteiger partial charge in [-0.25, -0.2) is 0 Å². The number of fused-ring (bicyclic) bond motifs is 1. The Morgan fingerprint density at radius 3 is 2.78 bits per heavy atom. The number of benzene rings is 1. The Balaban J connectivity index is 1.81. The number of nitrogens with one attached hydrogen (secondary N) is 2. The SMILES string of the molecule is COc1cc([C@@H]2SCC(=O)Nc3c2c(=O)[nH]n3C2CCSCC2)ccc1O. The molecule has 7 nitrogen and oxygen atoms in total. The molecule has 1 amide bonds. The van der Waals surface area contributed by atoms with Gasteiger partial charge in [0.1, 0.15) is 5.82 Å². The van der Waals surface area contributed by atoms with Crippen molar-refractivity contribution in [3.05, 3.63) is 39.7 Å². The zero-order valence-electron chi connectivity index (χ0n) is 14.9. The van der Waals surface area contributed by atoms with Crippen molar-refractivity contribution in [2.45, 2.75) is 24.1 Å². The van der Waals surface area contributed by atoms with E-state index in [1.54, 1.807) is 18.2 Å². The number of methoxy groups -OCH3 is 1. The third-order valence-electron chi connectivity index (χ3n) is 4.93. The molecule has 2 aliphatic rings. The molecule has 0 saturated carbocycles. The largest absolute Gasteiger partial charge is 0.504 e. The minimum Gasteiger partial charge on any atom is -0.504 e. The predicted octanol–water partition coefficient (Wildman–Crippen LogP) is 2.73. The number of phenolic OH excluding ortho intramolecular Hbond substituents is 1. The third kappa shape index (κ3) is 3.45. The van der Waals surface area contributed by atoms with Gasteiger partial charge in [-0.15, -0.1) is 11.8 Å². The summed E-state index contributed by atoms with van der Waals surface area (Å²) >= 11 is 3.31. The van der Waals surface area contributed by atoms with E-state index in [0.717, 1.165) is 29.9 Å². The molecule has 2 aromatic rings. The number of amides is 1. The van der Waals surface area contributed by atoms with Crippen molar-refractivity contribution in [3.63, 3.8) is 0 Å². The highest BCUT2D eigenvalue weighted by molar-refractivity contribution is 8.00. The first-order chi connectivity index (χ1) is 13.1. The number of ether oxygens (including phenoxy) is 1. The van der Waals surface area contributed by atoms with Crippen molar-refractivity contribution in [2.75, 3.05) is 29.7 Å². The number of aromatic hydroxyl groups is 1. The van der Waals surface area contributed by atoms with Crippen molar-refractivity contribution in [3.8, 4) is 11.5 Å². The summed E-state index contributed by atoms with van der Waals surface area (Å²) in [5.74, 6) is 3.18. The fourth-order valence-electron chi connectivity index (χ4n) is 3.58. The molecular formula is C18H21N3O4S2. The van der Waals surface area contributed by atoms with Crippen molar-refractivity contribution in [2.24, 2.45) is 0 Å². The molecule has 0 unspecified atom stereocenters. The van der Waals surface area contributed by atoms with Gasteiger partial charge in [0.05, 0.1) is 29.7 Å². The summed E-state index contributed by atoms with van der Waals surface area (Å²) in [4.78, 5) is 25.2. The van der Waals surface area contributed by atoms with Crippen LogP contribution in [0.25, 0.3) is 0 Å². The molecular weight excluding hydrogens is 386 g/mol. The topological polar surface area (TPSA) is 96.4 Å².